The number of amides is 2. The highest BCUT2D eigenvalue weighted by molar-refractivity contribution is 6.32. The molecule has 1 N–H and O–H groups in total. The summed E-state index contributed by atoms with van der Waals surface area (Å²) in [6.45, 7) is 5.79. The Labute approximate surface area is 200 Å². The number of hydrogen-bond donors (Lipinski definition) is 1. The van der Waals surface area contributed by atoms with E-state index in [1.165, 1.54) is 0 Å². The van der Waals surface area contributed by atoms with Crippen molar-refractivity contribution in [2.75, 3.05) is 38.7 Å². The Morgan fingerprint density at radius 1 is 1.09 bits per heavy atom. The first-order valence-corrected chi connectivity index (χ1v) is 11.7. The Morgan fingerprint density at radius 2 is 1.82 bits per heavy atom. The normalized spacial score (nSPS) is 14.0. The van der Waals surface area contributed by atoms with Gasteiger partial charge in [0.15, 0.2) is 11.5 Å². The molecule has 178 valence electrons. The standard InChI is InChI=1S/C25H31ClN2O5/c1-4-14-33-23-19(26)15-18(16-22(23)32-5-2)25(30)28-12-10-17(11-13-28)24(29)27-20-8-6-7-9-21(20)31-3/h6-9,15-17H,4-5,10-14H2,1-3H3,(H,27,29). The van der Waals surface area contributed by atoms with E-state index in [1.807, 2.05) is 32.0 Å². The third kappa shape index (κ3) is 6.11. The van der Waals surface area contributed by atoms with Gasteiger partial charge in [0.25, 0.3) is 5.91 Å². The molecule has 0 unspecified atom stereocenters. The molecule has 0 saturated carbocycles. The molecule has 3 rings (SSSR count). The van der Waals surface area contributed by atoms with Gasteiger partial charge in [-0.05, 0) is 50.5 Å². The summed E-state index contributed by atoms with van der Waals surface area (Å²) in [6, 6.07) is 10.6. The van der Waals surface area contributed by atoms with E-state index in [1.54, 1.807) is 30.2 Å². The molecule has 2 aromatic rings. The maximum Gasteiger partial charge on any atom is 0.254 e. The number of anilines is 1. The monoisotopic (exact) mass is 474 g/mol. The van der Waals surface area contributed by atoms with Gasteiger partial charge in [-0.15, -0.1) is 0 Å². The summed E-state index contributed by atoms with van der Waals surface area (Å²) in [4.78, 5) is 27.6. The lowest BCUT2D eigenvalue weighted by Crippen LogP contribution is -2.41. The smallest absolute Gasteiger partial charge is 0.254 e. The van der Waals surface area contributed by atoms with Crippen molar-refractivity contribution in [3.63, 3.8) is 0 Å². The number of carbonyl (C=O) groups is 2. The molecule has 0 radical (unpaired) electrons. The van der Waals surface area contributed by atoms with E-state index in [4.69, 9.17) is 25.8 Å². The summed E-state index contributed by atoms with van der Waals surface area (Å²) in [5.41, 5.74) is 1.09. The summed E-state index contributed by atoms with van der Waals surface area (Å²) in [7, 11) is 1.57. The summed E-state index contributed by atoms with van der Waals surface area (Å²) < 4.78 is 16.7. The Bertz CT molecular complexity index is 973. The second kappa shape index (κ2) is 11.8. The molecule has 1 fully saturated rings. The molecule has 0 atom stereocenters. The molecule has 7 nitrogen and oxygen atoms in total. The van der Waals surface area contributed by atoms with Crippen LogP contribution in [0.1, 0.15) is 43.5 Å². The fourth-order valence-corrected chi connectivity index (χ4v) is 4.07. The van der Waals surface area contributed by atoms with Gasteiger partial charge in [-0.25, -0.2) is 0 Å². The molecular weight excluding hydrogens is 444 g/mol. The lowest BCUT2D eigenvalue weighted by molar-refractivity contribution is -0.121. The van der Waals surface area contributed by atoms with Crippen LogP contribution in [0.4, 0.5) is 5.69 Å². The second-order valence-corrected chi connectivity index (χ2v) is 8.23. The first-order chi connectivity index (χ1) is 16.0. The van der Waals surface area contributed by atoms with Crippen LogP contribution in [-0.2, 0) is 4.79 Å². The van der Waals surface area contributed by atoms with Crippen molar-refractivity contribution in [2.24, 2.45) is 5.92 Å². The minimum atomic E-state index is -0.175. The van der Waals surface area contributed by atoms with E-state index in [9.17, 15) is 9.59 Å². The lowest BCUT2D eigenvalue weighted by Gasteiger charge is -2.31. The van der Waals surface area contributed by atoms with Crippen molar-refractivity contribution in [1.29, 1.82) is 0 Å². The number of rotatable bonds is 9. The number of benzene rings is 2. The number of hydrogen-bond acceptors (Lipinski definition) is 5. The van der Waals surface area contributed by atoms with Crippen molar-refractivity contribution in [3.05, 3.63) is 47.0 Å². The summed E-state index contributed by atoms with van der Waals surface area (Å²) in [5.74, 6) is 1.17. The number of piperidine rings is 1. The van der Waals surface area contributed by atoms with Gasteiger partial charge in [0.05, 0.1) is 31.0 Å². The summed E-state index contributed by atoms with van der Waals surface area (Å²) in [6.07, 6.45) is 2.00. The fraction of sp³-hybridized carbons (Fsp3) is 0.440. The van der Waals surface area contributed by atoms with Crippen molar-refractivity contribution >= 4 is 29.1 Å². The molecule has 8 heteroatoms. The number of nitrogens with one attached hydrogen (secondary N) is 1. The van der Waals surface area contributed by atoms with Gasteiger partial charge in [0.1, 0.15) is 5.75 Å². The first kappa shape index (κ1) is 24.7. The Hall–Kier alpha value is -2.93. The predicted octanol–water partition coefficient (Wildman–Crippen LogP) is 5.03. The zero-order chi connectivity index (χ0) is 23.8. The van der Waals surface area contributed by atoms with Gasteiger partial charge in [-0.3, -0.25) is 9.59 Å². The van der Waals surface area contributed by atoms with E-state index >= 15 is 0 Å². The van der Waals surface area contributed by atoms with Crippen LogP contribution in [0.5, 0.6) is 17.2 Å². The third-order valence-electron chi connectivity index (χ3n) is 5.52. The first-order valence-electron chi connectivity index (χ1n) is 11.3. The number of methoxy groups -OCH3 is 1. The van der Waals surface area contributed by atoms with Crippen LogP contribution in [0.3, 0.4) is 0 Å². The van der Waals surface area contributed by atoms with E-state index in [0.717, 1.165) is 6.42 Å². The third-order valence-corrected chi connectivity index (χ3v) is 5.81. The van der Waals surface area contributed by atoms with Gasteiger partial charge >= 0.3 is 0 Å². The molecule has 1 heterocycles. The molecule has 1 aliphatic heterocycles. The van der Waals surface area contributed by atoms with Crippen LogP contribution in [-0.4, -0.2) is 50.1 Å². The average molecular weight is 475 g/mol. The van der Waals surface area contributed by atoms with Crippen LogP contribution < -0.4 is 19.5 Å². The Balaban J connectivity index is 1.64. The minimum Gasteiger partial charge on any atom is -0.495 e. The summed E-state index contributed by atoms with van der Waals surface area (Å²) in [5, 5.41) is 3.29. The highest BCUT2D eigenvalue weighted by atomic mass is 35.5. The average Bonchev–Trinajstić information content (AvgIpc) is 2.83. The van der Waals surface area contributed by atoms with Gasteiger partial charge in [0.2, 0.25) is 5.91 Å². The predicted molar refractivity (Wildman–Crippen MR) is 129 cm³/mol. The Kier molecular flexibility index (Phi) is 8.83. The molecule has 0 spiro atoms. The molecule has 33 heavy (non-hydrogen) atoms. The zero-order valence-corrected chi connectivity index (χ0v) is 20.1. The van der Waals surface area contributed by atoms with E-state index in [-0.39, 0.29) is 17.7 Å². The molecule has 1 saturated heterocycles. The zero-order valence-electron chi connectivity index (χ0n) is 19.4. The fourth-order valence-electron chi connectivity index (χ4n) is 3.81. The molecule has 2 aromatic carbocycles. The second-order valence-electron chi connectivity index (χ2n) is 7.82. The maximum absolute atomic E-state index is 13.1. The van der Waals surface area contributed by atoms with Crippen LogP contribution in [0.2, 0.25) is 5.02 Å². The van der Waals surface area contributed by atoms with E-state index < -0.39 is 0 Å². The quantitative estimate of drug-likeness (QED) is 0.551. The molecular formula is C25H31ClN2O5. The highest BCUT2D eigenvalue weighted by Crippen LogP contribution is 2.37. The van der Waals surface area contributed by atoms with Crippen molar-refractivity contribution in [1.82, 2.24) is 4.90 Å². The molecule has 0 aromatic heterocycles. The minimum absolute atomic E-state index is 0.0642. The molecule has 0 bridgehead atoms. The SMILES string of the molecule is CCCOc1c(Cl)cc(C(=O)N2CCC(C(=O)Nc3ccccc3OC)CC2)cc1OCC. The number of para-hydroxylation sites is 2. The number of nitrogens with zero attached hydrogens (tertiary/aromatic N) is 1. The maximum atomic E-state index is 13.1. The molecule has 0 aliphatic carbocycles. The van der Waals surface area contributed by atoms with Gasteiger partial charge < -0.3 is 24.4 Å². The lowest BCUT2D eigenvalue weighted by atomic mass is 9.95. The van der Waals surface area contributed by atoms with Gasteiger partial charge in [-0.2, -0.15) is 0 Å². The highest BCUT2D eigenvalue weighted by Gasteiger charge is 2.29. The van der Waals surface area contributed by atoms with Crippen molar-refractivity contribution < 1.29 is 23.8 Å². The van der Waals surface area contributed by atoms with Gasteiger partial charge in [0, 0.05) is 24.6 Å². The topological polar surface area (TPSA) is 77.1 Å². The van der Waals surface area contributed by atoms with Crippen LogP contribution in [0, 0.1) is 5.92 Å². The van der Waals surface area contributed by atoms with Crippen LogP contribution >= 0.6 is 11.6 Å². The number of likely N-dealkylation sites (tertiary alicyclic amines) is 1. The van der Waals surface area contributed by atoms with Crippen molar-refractivity contribution in [2.45, 2.75) is 33.1 Å². The largest absolute Gasteiger partial charge is 0.495 e. The Morgan fingerprint density at radius 3 is 2.48 bits per heavy atom. The molecule has 2 amide bonds. The van der Waals surface area contributed by atoms with E-state index in [2.05, 4.69) is 5.32 Å². The number of ether oxygens (including phenoxy) is 3. The van der Waals surface area contributed by atoms with Crippen LogP contribution in [0.25, 0.3) is 0 Å². The van der Waals surface area contributed by atoms with Crippen LogP contribution in [0.15, 0.2) is 36.4 Å². The number of halogens is 1. The number of carbonyl (C=O) groups excluding carboxylic acids is 2. The van der Waals surface area contributed by atoms with Gasteiger partial charge in [-0.1, -0.05) is 30.7 Å². The van der Waals surface area contributed by atoms with E-state index in [0.29, 0.717) is 72.7 Å². The molecule has 1 aliphatic rings. The summed E-state index contributed by atoms with van der Waals surface area (Å²) >= 11 is 6.42. The van der Waals surface area contributed by atoms with Crippen molar-refractivity contribution in [3.8, 4) is 17.2 Å².